The molecule has 76 valence electrons. The van der Waals surface area contributed by atoms with E-state index in [2.05, 4.69) is 13.8 Å². The lowest BCUT2D eigenvalue weighted by Gasteiger charge is -2.32. The quantitative estimate of drug-likeness (QED) is 0.632. The van der Waals surface area contributed by atoms with E-state index in [-0.39, 0.29) is 12.5 Å². The molecule has 1 saturated heterocycles. The van der Waals surface area contributed by atoms with Gasteiger partial charge in [-0.1, -0.05) is 13.8 Å². The van der Waals surface area contributed by atoms with Crippen LogP contribution in [0.15, 0.2) is 16.9 Å². The van der Waals surface area contributed by atoms with Crippen LogP contribution in [0.4, 0.5) is 0 Å². The van der Waals surface area contributed by atoms with Crippen LogP contribution in [0.1, 0.15) is 19.4 Å². The lowest BCUT2D eigenvalue weighted by molar-refractivity contribution is 0.0342. The molecule has 1 aromatic rings. The van der Waals surface area contributed by atoms with Gasteiger partial charge >= 0.3 is 7.12 Å². The van der Waals surface area contributed by atoms with Gasteiger partial charge in [0.25, 0.3) is 0 Å². The molecular formula is C10H15BO3. The maximum absolute atomic E-state index is 5.64. The molecule has 0 bridgehead atoms. The van der Waals surface area contributed by atoms with Gasteiger partial charge in [0, 0.05) is 24.1 Å². The van der Waals surface area contributed by atoms with Gasteiger partial charge in [0.05, 0.1) is 12.5 Å². The highest BCUT2D eigenvalue weighted by Gasteiger charge is 2.34. The zero-order valence-electron chi connectivity index (χ0n) is 8.87. The Bertz CT molecular complexity index is 309. The molecule has 0 N–H and O–H groups in total. The number of rotatable bonds is 1. The van der Waals surface area contributed by atoms with Crippen molar-refractivity contribution in [3.05, 3.63) is 18.1 Å². The van der Waals surface area contributed by atoms with Crippen molar-refractivity contribution in [2.75, 3.05) is 13.2 Å². The minimum absolute atomic E-state index is 0.119. The van der Waals surface area contributed by atoms with Crippen molar-refractivity contribution in [2.45, 2.75) is 20.8 Å². The van der Waals surface area contributed by atoms with Crippen LogP contribution in [-0.4, -0.2) is 20.3 Å². The molecule has 3 nitrogen and oxygen atoms in total. The monoisotopic (exact) mass is 194 g/mol. The Labute approximate surface area is 84.5 Å². The third kappa shape index (κ3) is 1.86. The summed E-state index contributed by atoms with van der Waals surface area (Å²) in [6.07, 6.45) is 3.40. The van der Waals surface area contributed by atoms with E-state index < -0.39 is 0 Å². The topological polar surface area (TPSA) is 31.6 Å². The molecule has 0 atom stereocenters. The van der Waals surface area contributed by atoms with E-state index in [1.165, 1.54) is 0 Å². The maximum Gasteiger partial charge on any atom is 0.497 e. The molecule has 0 unspecified atom stereocenters. The van der Waals surface area contributed by atoms with Crippen molar-refractivity contribution < 1.29 is 13.7 Å². The van der Waals surface area contributed by atoms with Crippen molar-refractivity contribution in [1.82, 2.24) is 0 Å². The van der Waals surface area contributed by atoms with Crippen LogP contribution in [-0.2, 0) is 9.31 Å². The first-order valence-corrected chi connectivity index (χ1v) is 4.84. The number of hydrogen-bond donors (Lipinski definition) is 0. The van der Waals surface area contributed by atoms with E-state index in [0.717, 1.165) is 24.2 Å². The van der Waals surface area contributed by atoms with Crippen LogP contribution in [0, 0.1) is 12.3 Å². The van der Waals surface area contributed by atoms with Crippen molar-refractivity contribution in [3.63, 3.8) is 0 Å². The molecule has 14 heavy (non-hydrogen) atoms. The Morgan fingerprint density at radius 1 is 1.21 bits per heavy atom. The SMILES string of the molecule is Cc1cocc1B1OCC(C)(C)CO1. The van der Waals surface area contributed by atoms with E-state index in [9.17, 15) is 0 Å². The first-order chi connectivity index (χ1) is 6.58. The van der Waals surface area contributed by atoms with Gasteiger partial charge in [-0.2, -0.15) is 0 Å². The third-order valence-corrected chi connectivity index (χ3v) is 2.40. The van der Waals surface area contributed by atoms with E-state index in [0.29, 0.717) is 0 Å². The average Bonchev–Trinajstić information content (AvgIpc) is 2.52. The second-order valence-electron chi connectivity index (χ2n) is 4.63. The van der Waals surface area contributed by atoms with Crippen LogP contribution >= 0.6 is 0 Å². The van der Waals surface area contributed by atoms with Crippen LogP contribution in [0.25, 0.3) is 0 Å². The summed E-state index contributed by atoms with van der Waals surface area (Å²) in [5, 5.41) is 0. The summed E-state index contributed by atoms with van der Waals surface area (Å²) >= 11 is 0. The zero-order chi connectivity index (χ0) is 10.2. The summed E-state index contributed by atoms with van der Waals surface area (Å²) < 4.78 is 16.4. The second-order valence-corrected chi connectivity index (χ2v) is 4.63. The minimum atomic E-state index is -0.248. The molecule has 1 fully saturated rings. The van der Waals surface area contributed by atoms with Gasteiger partial charge in [0.15, 0.2) is 0 Å². The molecule has 0 radical (unpaired) electrons. The smallest absolute Gasteiger partial charge is 0.473 e. The summed E-state index contributed by atoms with van der Waals surface area (Å²) in [5.74, 6) is 0. The molecule has 1 aliphatic rings. The summed E-state index contributed by atoms with van der Waals surface area (Å²) in [7, 11) is -0.248. The van der Waals surface area contributed by atoms with Crippen LogP contribution in [0.5, 0.6) is 0 Å². The Hall–Kier alpha value is -0.735. The normalized spacial score (nSPS) is 21.2. The lowest BCUT2D eigenvalue weighted by Crippen LogP contribution is -2.47. The fraction of sp³-hybridized carbons (Fsp3) is 0.600. The first-order valence-electron chi connectivity index (χ1n) is 4.84. The number of hydrogen-bond acceptors (Lipinski definition) is 3. The predicted octanol–water partition coefficient (Wildman–Crippen LogP) is 1.36. The maximum atomic E-state index is 5.64. The molecule has 0 amide bonds. The average molecular weight is 194 g/mol. The van der Waals surface area contributed by atoms with Crippen LogP contribution < -0.4 is 5.46 Å². The first kappa shape index (κ1) is 9.81. The van der Waals surface area contributed by atoms with E-state index in [1.807, 2.05) is 6.92 Å². The highest BCUT2D eigenvalue weighted by Crippen LogP contribution is 2.21. The number of aryl methyl sites for hydroxylation is 1. The van der Waals surface area contributed by atoms with Gasteiger partial charge in [-0.15, -0.1) is 0 Å². The van der Waals surface area contributed by atoms with Crippen molar-refractivity contribution in [2.24, 2.45) is 5.41 Å². The van der Waals surface area contributed by atoms with Crippen molar-refractivity contribution in [1.29, 1.82) is 0 Å². The minimum Gasteiger partial charge on any atom is -0.473 e. The fourth-order valence-electron chi connectivity index (χ4n) is 1.48. The Morgan fingerprint density at radius 3 is 2.36 bits per heavy atom. The van der Waals surface area contributed by atoms with Gasteiger partial charge in [-0.3, -0.25) is 0 Å². The largest absolute Gasteiger partial charge is 0.497 e. The second kappa shape index (κ2) is 3.44. The van der Waals surface area contributed by atoms with Crippen LogP contribution in [0.3, 0.4) is 0 Å². The lowest BCUT2D eigenvalue weighted by atomic mass is 9.75. The summed E-state index contributed by atoms with van der Waals surface area (Å²) in [6, 6.07) is 0. The summed E-state index contributed by atoms with van der Waals surface area (Å²) in [5.41, 5.74) is 2.20. The van der Waals surface area contributed by atoms with E-state index in [4.69, 9.17) is 13.7 Å². The molecule has 0 aromatic carbocycles. The van der Waals surface area contributed by atoms with E-state index >= 15 is 0 Å². The Balaban J connectivity index is 2.06. The molecule has 2 rings (SSSR count). The fourth-order valence-corrected chi connectivity index (χ4v) is 1.48. The highest BCUT2D eigenvalue weighted by molar-refractivity contribution is 6.61. The van der Waals surface area contributed by atoms with Crippen molar-refractivity contribution in [3.8, 4) is 0 Å². The molecule has 2 heterocycles. The van der Waals surface area contributed by atoms with Gasteiger partial charge in [0.1, 0.15) is 0 Å². The van der Waals surface area contributed by atoms with Gasteiger partial charge in [-0.25, -0.2) is 0 Å². The molecule has 1 aromatic heterocycles. The summed E-state index contributed by atoms with van der Waals surface area (Å²) in [4.78, 5) is 0. The Morgan fingerprint density at radius 2 is 1.86 bits per heavy atom. The molecule has 0 saturated carbocycles. The zero-order valence-corrected chi connectivity index (χ0v) is 8.87. The molecule has 4 heteroatoms. The molecule has 0 aliphatic carbocycles. The van der Waals surface area contributed by atoms with E-state index in [1.54, 1.807) is 12.5 Å². The van der Waals surface area contributed by atoms with Gasteiger partial charge < -0.3 is 13.7 Å². The molecule has 1 aliphatic heterocycles. The third-order valence-electron chi connectivity index (χ3n) is 2.40. The van der Waals surface area contributed by atoms with Crippen molar-refractivity contribution >= 4 is 12.6 Å². The van der Waals surface area contributed by atoms with Crippen LogP contribution in [0.2, 0.25) is 0 Å². The standard InChI is InChI=1S/C10H15BO3/c1-8-4-12-5-9(8)11-13-6-10(2,3)7-14-11/h4-5H,6-7H2,1-3H3. The predicted molar refractivity (Wildman–Crippen MR) is 54.5 cm³/mol. The molecule has 0 spiro atoms. The van der Waals surface area contributed by atoms with Gasteiger partial charge in [0.2, 0.25) is 0 Å². The number of furan rings is 1. The molecular weight excluding hydrogens is 179 g/mol. The summed E-state index contributed by atoms with van der Waals surface area (Å²) in [6.45, 7) is 7.70. The highest BCUT2D eigenvalue weighted by atomic mass is 16.6. The Kier molecular flexibility index (Phi) is 2.41. The van der Waals surface area contributed by atoms with Gasteiger partial charge in [-0.05, 0) is 12.5 Å².